The number of rotatable bonds is 3. The van der Waals surface area contributed by atoms with Crippen molar-refractivity contribution in [3.8, 4) is 6.07 Å². The molecule has 3 aromatic carbocycles. The highest BCUT2D eigenvalue weighted by Gasteiger charge is 2.35. The van der Waals surface area contributed by atoms with Crippen LogP contribution in [0.1, 0.15) is 60.8 Å². The molecule has 5 rings (SSSR count). The van der Waals surface area contributed by atoms with Gasteiger partial charge >= 0.3 is 0 Å². The second-order valence-electron chi connectivity index (χ2n) is 11.1. The summed E-state index contributed by atoms with van der Waals surface area (Å²) in [6.45, 7) is 10.0. The molecule has 1 fully saturated rings. The van der Waals surface area contributed by atoms with Crippen LogP contribution in [0.3, 0.4) is 0 Å². The van der Waals surface area contributed by atoms with Gasteiger partial charge in [-0.1, -0.05) is 57.2 Å². The van der Waals surface area contributed by atoms with Crippen LogP contribution in [0.25, 0.3) is 0 Å². The van der Waals surface area contributed by atoms with E-state index in [4.69, 9.17) is 0 Å². The molecule has 1 saturated heterocycles. The summed E-state index contributed by atoms with van der Waals surface area (Å²) in [5.41, 5.74) is 5.14. The van der Waals surface area contributed by atoms with Crippen molar-refractivity contribution >= 4 is 28.9 Å². The number of amides is 2. The maximum absolute atomic E-state index is 13.0. The van der Waals surface area contributed by atoms with Crippen molar-refractivity contribution in [2.45, 2.75) is 39.8 Å². The van der Waals surface area contributed by atoms with E-state index in [-0.39, 0.29) is 23.9 Å². The molecule has 0 spiro atoms. The molecular formula is C31H33N5O2. The van der Waals surface area contributed by atoms with E-state index in [2.05, 4.69) is 45.6 Å². The van der Waals surface area contributed by atoms with Crippen LogP contribution in [-0.4, -0.2) is 42.4 Å². The average Bonchev–Trinajstić information content (AvgIpc) is 3.02. The molecule has 2 N–H and O–H groups in total. The van der Waals surface area contributed by atoms with Gasteiger partial charge < -0.3 is 15.5 Å². The number of carbonyl (C=O) groups excluding carboxylic acids is 2. The first-order valence-corrected chi connectivity index (χ1v) is 13.0. The van der Waals surface area contributed by atoms with E-state index >= 15 is 0 Å². The van der Waals surface area contributed by atoms with E-state index in [0.717, 1.165) is 42.1 Å². The van der Waals surface area contributed by atoms with Crippen molar-refractivity contribution in [1.82, 2.24) is 4.90 Å². The molecule has 7 heteroatoms. The molecule has 1 unspecified atom stereocenters. The zero-order valence-electron chi connectivity index (χ0n) is 22.3. The molecule has 0 saturated carbocycles. The summed E-state index contributed by atoms with van der Waals surface area (Å²) >= 11 is 0. The summed E-state index contributed by atoms with van der Waals surface area (Å²) in [4.78, 5) is 30.2. The second-order valence-corrected chi connectivity index (χ2v) is 11.1. The lowest BCUT2D eigenvalue weighted by molar-refractivity contribution is -0.123. The largest absolute Gasteiger partial charge is 0.365 e. The fourth-order valence-electron chi connectivity index (χ4n) is 5.39. The molecule has 0 bridgehead atoms. The Labute approximate surface area is 224 Å². The van der Waals surface area contributed by atoms with Crippen LogP contribution in [0.15, 0.2) is 66.7 Å². The van der Waals surface area contributed by atoms with Gasteiger partial charge in [0.15, 0.2) is 0 Å². The van der Waals surface area contributed by atoms with Crippen LogP contribution in [-0.2, 0) is 4.79 Å². The highest BCUT2D eigenvalue weighted by Crippen LogP contribution is 2.40. The lowest BCUT2D eigenvalue weighted by Gasteiger charge is -2.45. The van der Waals surface area contributed by atoms with E-state index in [9.17, 15) is 14.9 Å². The van der Waals surface area contributed by atoms with E-state index in [1.165, 1.54) is 0 Å². The summed E-state index contributed by atoms with van der Waals surface area (Å²) in [5, 5.41) is 16.0. The highest BCUT2D eigenvalue weighted by atomic mass is 16.2. The minimum Gasteiger partial charge on any atom is -0.365 e. The number of nitrogens with one attached hydrogen (secondary N) is 2. The molecule has 194 valence electrons. The highest BCUT2D eigenvalue weighted by molar-refractivity contribution is 6.07. The summed E-state index contributed by atoms with van der Waals surface area (Å²) < 4.78 is 0. The summed E-state index contributed by atoms with van der Waals surface area (Å²) in [5.74, 6) is -0.174. The van der Waals surface area contributed by atoms with Crippen molar-refractivity contribution in [2.75, 3.05) is 35.2 Å². The van der Waals surface area contributed by atoms with Crippen LogP contribution in [0.4, 0.5) is 17.1 Å². The monoisotopic (exact) mass is 507 g/mol. The quantitative estimate of drug-likeness (QED) is 0.495. The van der Waals surface area contributed by atoms with Gasteiger partial charge in [-0.05, 0) is 48.4 Å². The fraction of sp³-hybridized carbons (Fsp3) is 0.323. The maximum atomic E-state index is 13.0. The first-order valence-electron chi connectivity index (χ1n) is 13.0. The number of hydrogen-bond donors (Lipinski definition) is 2. The number of nitriles is 1. The Morgan fingerprint density at radius 3 is 2.45 bits per heavy atom. The first-order chi connectivity index (χ1) is 18.2. The molecule has 2 heterocycles. The Hall–Kier alpha value is -4.15. The third-order valence-corrected chi connectivity index (χ3v) is 7.39. The Morgan fingerprint density at radius 2 is 1.74 bits per heavy atom. The SMILES string of the molecule is C[C@@H]1CN(C2c3ccccc3NC(=O)c3ccccc32)CCN1c1ccc(NC(=O)C(C)(C)C)cc1C#N. The van der Waals surface area contributed by atoms with Gasteiger partial charge in [-0.15, -0.1) is 0 Å². The molecule has 0 radical (unpaired) electrons. The third kappa shape index (κ3) is 4.75. The first kappa shape index (κ1) is 25.5. The molecule has 2 amide bonds. The van der Waals surface area contributed by atoms with Crippen molar-refractivity contribution in [1.29, 1.82) is 5.26 Å². The number of anilines is 3. The molecule has 7 nitrogen and oxygen atoms in total. The van der Waals surface area contributed by atoms with Crippen LogP contribution >= 0.6 is 0 Å². The van der Waals surface area contributed by atoms with Crippen molar-refractivity contribution in [2.24, 2.45) is 5.41 Å². The summed E-state index contributed by atoms with van der Waals surface area (Å²) in [6, 6.07) is 23.8. The lowest BCUT2D eigenvalue weighted by Crippen LogP contribution is -2.53. The molecule has 3 aromatic rings. The van der Waals surface area contributed by atoms with Crippen LogP contribution < -0.4 is 15.5 Å². The molecule has 0 aromatic heterocycles. The van der Waals surface area contributed by atoms with E-state index < -0.39 is 5.41 Å². The number of hydrogen-bond acceptors (Lipinski definition) is 5. The Kier molecular flexibility index (Phi) is 6.68. The zero-order valence-corrected chi connectivity index (χ0v) is 22.3. The second kappa shape index (κ2) is 9.96. The topological polar surface area (TPSA) is 88.5 Å². The lowest BCUT2D eigenvalue weighted by atomic mass is 9.92. The molecule has 38 heavy (non-hydrogen) atoms. The fourth-order valence-corrected chi connectivity index (χ4v) is 5.39. The number of benzene rings is 3. The average molecular weight is 508 g/mol. The number of nitrogens with zero attached hydrogens (tertiary/aromatic N) is 3. The number of carbonyl (C=O) groups is 2. The molecule has 2 aliphatic rings. The van der Waals surface area contributed by atoms with Crippen molar-refractivity contribution < 1.29 is 9.59 Å². The van der Waals surface area contributed by atoms with Gasteiger partial charge in [0.2, 0.25) is 5.91 Å². The van der Waals surface area contributed by atoms with Crippen LogP contribution in [0.5, 0.6) is 0 Å². The van der Waals surface area contributed by atoms with Crippen molar-refractivity contribution in [3.05, 3.63) is 89.0 Å². The van der Waals surface area contributed by atoms with Gasteiger partial charge in [0.25, 0.3) is 5.91 Å². The minimum absolute atomic E-state index is 0.0589. The Bertz CT molecular complexity index is 1430. The van der Waals surface area contributed by atoms with Crippen LogP contribution in [0.2, 0.25) is 0 Å². The Balaban J connectivity index is 1.42. The number of piperazine rings is 1. The zero-order chi connectivity index (χ0) is 27.0. The smallest absolute Gasteiger partial charge is 0.256 e. The van der Waals surface area contributed by atoms with Gasteiger partial charge in [0.1, 0.15) is 6.07 Å². The summed E-state index contributed by atoms with van der Waals surface area (Å²) in [6.07, 6.45) is 0. The number of para-hydroxylation sites is 1. The minimum atomic E-state index is -0.522. The predicted octanol–water partition coefficient (Wildman–Crippen LogP) is 5.41. The molecular weight excluding hydrogens is 474 g/mol. The number of fused-ring (bicyclic) bond motifs is 2. The van der Waals surface area contributed by atoms with Crippen molar-refractivity contribution in [3.63, 3.8) is 0 Å². The molecule has 0 aliphatic carbocycles. The third-order valence-electron chi connectivity index (χ3n) is 7.39. The van der Waals surface area contributed by atoms with E-state index in [1.54, 1.807) is 6.07 Å². The van der Waals surface area contributed by atoms with Gasteiger partial charge in [-0.25, -0.2) is 0 Å². The Morgan fingerprint density at radius 1 is 1.03 bits per heavy atom. The van der Waals surface area contributed by atoms with E-state index in [1.807, 2.05) is 69.3 Å². The molecule has 2 aliphatic heterocycles. The molecule has 2 atom stereocenters. The predicted molar refractivity (Wildman–Crippen MR) is 150 cm³/mol. The standard InChI is InChI=1S/C31H33N5O2/c1-20-19-35(28-23-9-5-6-10-24(23)29(37)34-26-12-8-7-11-25(26)28)15-16-36(20)27-14-13-22(17-21(27)18-32)33-30(38)31(2,3)4/h5-14,17,20,28H,15-16,19H2,1-4H3,(H,33,38)(H,34,37)/t20-,28?/m1/s1. The van der Waals surface area contributed by atoms with Gasteiger partial charge in [0.05, 0.1) is 17.3 Å². The van der Waals surface area contributed by atoms with Gasteiger partial charge in [-0.2, -0.15) is 5.26 Å². The van der Waals surface area contributed by atoms with Crippen LogP contribution in [0, 0.1) is 16.7 Å². The maximum Gasteiger partial charge on any atom is 0.256 e. The van der Waals surface area contributed by atoms with E-state index in [0.29, 0.717) is 16.8 Å². The normalized spacial score (nSPS) is 19.4. The summed E-state index contributed by atoms with van der Waals surface area (Å²) in [7, 11) is 0. The van der Waals surface area contributed by atoms with Gasteiger partial charge in [-0.3, -0.25) is 14.5 Å². The van der Waals surface area contributed by atoms with Gasteiger partial charge in [0, 0.05) is 48.0 Å².